The number of hydrogen-bond donors (Lipinski definition) is 1. The molecule has 6 heteroatoms. The van der Waals surface area contributed by atoms with E-state index in [1.807, 2.05) is 30.7 Å². The number of ether oxygens (including phenoxy) is 1. The molecule has 0 aliphatic rings. The molecule has 0 spiro atoms. The van der Waals surface area contributed by atoms with E-state index in [1.54, 1.807) is 0 Å². The van der Waals surface area contributed by atoms with Crippen LogP contribution in [0, 0.1) is 6.92 Å². The lowest BCUT2D eigenvalue weighted by molar-refractivity contribution is 0.290. The number of aromatic nitrogens is 3. The fourth-order valence-corrected chi connectivity index (χ4v) is 2.29. The first kappa shape index (κ1) is 16.0. The lowest BCUT2D eigenvalue weighted by Crippen LogP contribution is -2.14. The van der Waals surface area contributed by atoms with Gasteiger partial charge in [0.25, 0.3) is 0 Å². The monoisotopic (exact) mass is 352 g/mol. The van der Waals surface area contributed by atoms with Gasteiger partial charge in [-0.25, -0.2) is 0 Å². The topological polar surface area (TPSA) is 52.0 Å². The molecule has 1 heterocycles. The number of halogens is 1. The number of nitrogens with one attached hydrogen (secondary N) is 1. The molecule has 0 atom stereocenters. The van der Waals surface area contributed by atoms with E-state index >= 15 is 0 Å². The van der Waals surface area contributed by atoms with Gasteiger partial charge in [-0.15, -0.1) is 10.2 Å². The average molecular weight is 353 g/mol. The molecule has 0 saturated carbocycles. The van der Waals surface area contributed by atoms with Crippen LogP contribution >= 0.6 is 15.9 Å². The van der Waals surface area contributed by atoms with E-state index in [0.29, 0.717) is 6.61 Å². The van der Waals surface area contributed by atoms with Gasteiger partial charge in [0.05, 0.1) is 0 Å². The highest BCUT2D eigenvalue weighted by Crippen LogP contribution is 2.23. The van der Waals surface area contributed by atoms with Crippen molar-refractivity contribution < 1.29 is 4.74 Å². The predicted molar refractivity (Wildman–Crippen MR) is 86.2 cm³/mol. The zero-order valence-corrected chi connectivity index (χ0v) is 14.3. The fourth-order valence-electron chi connectivity index (χ4n) is 1.90. The van der Waals surface area contributed by atoms with Crippen LogP contribution in [-0.2, 0) is 20.2 Å². The van der Waals surface area contributed by atoms with E-state index < -0.39 is 0 Å². The van der Waals surface area contributed by atoms with Gasteiger partial charge >= 0.3 is 0 Å². The van der Waals surface area contributed by atoms with Crippen LogP contribution in [0.25, 0.3) is 0 Å². The molecule has 0 radical (unpaired) electrons. The summed E-state index contributed by atoms with van der Waals surface area (Å²) in [4.78, 5) is 0. The predicted octanol–water partition coefficient (Wildman–Crippen LogP) is 2.96. The third kappa shape index (κ3) is 4.28. The summed E-state index contributed by atoms with van der Waals surface area (Å²) in [5, 5.41) is 11.5. The highest BCUT2D eigenvalue weighted by atomic mass is 79.9. The molecule has 2 rings (SSSR count). The van der Waals surface area contributed by atoms with Crippen molar-refractivity contribution in [1.29, 1.82) is 0 Å². The molecule has 0 fully saturated rings. The number of aryl methyl sites for hydroxylation is 1. The Bertz CT molecular complexity index is 597. The van der Waals surface area contributed by atoms with Crippen LogP contribution in [0.1, 0.15) is 30.6 Å². The van der Waals surface area contributed by atoms with Crippen LogP contribution in [0.3, 0.4) is 0 Å². The maximum Gasteiger partial charge on any atom is 0.170 e. The molecule has 21 heavy (non-hydrogen) atoms. The Kier molecular flexibility index (Phi) is 5.76. The molecule has 0 aliphatic carbocycles. The normalized spacial score (nSPS) is 10.9. The summed E-state index contributed by atoms with van der Waals surface area (Å²) in [5.74, 6) is 2.54. The first-order valence-corrected chi connectivity index (χ1v) is 7.88. The fraction of sp³-hybridized carbons (Fsp3) is 0.467. The highest BCUT2D eigenvalue weighted by molar-refractivity contribution is 9.10. The Hall–Kier alpha value is -1.40. The lowest BCUT2D eigenvalue weighted by Gasteiger charge is -2.10. The minimum Gasteiger partial charge on any atom is -0.486 e. The standard InChI is InChI=1S/C15H21BrN4O/c1-4-7-17-9-12-8-13(5-6-14(12)16)21-10-15-19-18-11(2)20(15)3/h5-6,8,17H,4,7,9-10H2,1-3H3. The SMILES string of the molecule is CCCNCc1cc(OCc2nnc(C)n2C)ccc1Br. The third-order valence-corrected chi connectivity index (χ3v) is 4.08. The van der Waals surface area contributed by atoms with Crippen LogP contribution in [0.5, 0.6) is 5.75 Å². The van der Waals surface area contributed by atoms with Crippen LogP contribution in [0.2, 0.25) is 0 Å². The summed E-state index contributed by atoms with van der Waals surface area (Å²) >= 11 is 3.57. The van der Waals surface area contributed by atoms with E-state index in [9.17, 15) is 0 Å². The summed E-state index contributed by atoms with van der Waals surface area (Å²) < 4.78 is 8.84. The second kappa shape index (κ2) is 7.56. The smallest absolute Gasteiger partial charge is 0.170 e. The molecule has 0 aliphatic heterocycles. The van der Waals surface area contributed by atoms with Gasteiger partial charge in [-0.2, -0.15) is 0 Å². The highest BCUT2D eigenvalue weighted by Gasteiger charge is 2.07. The van der Waals surface area contributed by atoms with Crippen molar-refractivity contribution in [2.45, 2.75) is 33.4 Å². The molecule has 0 amide bonds. The number of nitrogens with zero attached hydrogens (tertiary/aromatic N) is 3. The summed E-state index contributed by atoms with van der Waals surface area (Å²) in [6.45, 7) is 6.34. The minimum absolute atomic E-state index is 0.417. The second-order valence-electron chi connectivity index (χ2n) is 4.94. The Morgan fingerprint density at radius 1 is 1.33 bits per heavy atom. The van der Waals surface area contributed by atoms with Crippen molar-refractivity contribution in [2.24, 2.45) is 7.05 Å². The molecule has 2 aromatic rings. The molecule has 5 nitrogen and oxygen atoms in total. The van der Waals surface area contributed by atoms with Crippen molar-refractivity contribution in [3.63, 3.8) is 0 Å². The van der Waals surface area contributed by atoms with Crippen molar-refractivity contribution in [3.05, 3.63) is 39.9 Å². The average Bonchev–Trinajstić information content (AvgIpc) is 2.79. The van der Waals surface area contributed by atoms with Crippen molar-refractivity contribution in [1.82, 2.24) is 20.1 Å². The molecule has 0 unspecified atom stereocenters. The second-order valence-corrected chi connectivity index (χ2v) is 5.80. The van der Waals surface area contributed by atoms with Crippen molar-refractivity contribution in [3.8, 4) is 5.75 Å². The minimum atomic E-state index is 0.417. The summed E-state index contributed by atoms with van der Waals surface area (Å²) in [5.41, 5.74) is 1.19. The van der Waals surface area contributed by atoms with E-state index in [0.717, 1.165) is 41.4 Å². The summed E-state index contributed by atoms with van der Waals surface area (Å²) in [6.07, 6.45) is 1.12. The molecular formula is C15H21BrN4O. The zero-order valence-electron chi connectivity index (χ0n) is 12.7. The van der Waals surface area contributed by atoms with Gasteiger partial charge in [-0.05, 0) is 43.7 Å². The van der Waals surface area contributed by atoms with Gasteiger partial charge in [-0.3, -0.25) is 0 Å². The molecular weight excluding hydrogens is 332 g/mol. The Morgan fingerprint density at radius 3 is 2.81 bits per heavy atom. The van der Waals surface area contributed by atoms with Crippen molar-refractivity contribution >= 4 is 15.9 Å². The van der Waals surface area contributed by atoms with E-state index in [1.165, 1.54) is 5.56 Å². The number of rotatable bonds is 7. The van der Waals surface area contributed by atoms with Gasteiger partial charge < -0.3 is 14.6 Å². The van der Waals surface area contributed by atoms with Gasteiger partial charge in [0, 0.05) is 18.1 Å². The van der Waals surface area contributed by atoms with Gasteiger partial charge in [-0.1, -0.05) is 22.9 Å². The van der Waals surface area contributed by atoms with Gasteiger partial charge in [0.1, 0.15) is 18.2 Å². The maximum absolute atomic E-state index is 5.82. The Labute approximate surface area is 133 Å². The third-order valence-electron chi connectivity index (χ3n) is 3.31. The van der Waals surface area contributed by atoms with Gasteiger partial charge in [0.15, 0.2) is 5.82 Å². The Balaban J connectivity index is 2.00. The van der Waals surface area contributed by atoms with Crippen molar-refractivity contribution in [2.75, 3.05) is 6.54 Å². The molecule has 0 saturated heterocycles. The van der Waals surface area contributed by atoms with Crippen LogP contribution in [0.15, 0.2) is 22.7 Å². The van der Waals surface area contributed by atoms with E-state index in [-0.39, 0.29) is 0 Å². The van der Waals surface area contributed by atoms with E-state index in [2.05, 4.69) is 44.4 Å². The number of benzene rings is 1. The van der Waals surface area contributed by atoms with Gasteiger partial charge in [0.2, 0.25) is 0 Å². The molecule has 1 N–H and O–H groups in total. The lowest BCUT2D eigenvalue weighted by atomic mass is 10.2. The van der Waals surface area contributed by atoms with Crippen LogP contribution < -0.4 is 10.1 Å². The first-order valence-electron chi connectivity index (χ1n) is 7.08. The van der Waals surface area contributed by atoms with Crippen LogP contribution in [0.4, 0.5) is 0 Å². The quantitative estimate of drug-likeness (QED) is 0.778. The number of hydrogen-bond acceptors (Lipinski definition) is 4. The summed E-state index contributed by atoms with van der Waals surface area (Å²) in [6, 6.07) is 6.02. The van der Waals surface area contributed by atoms with Crippen LogP contribution in [-0.4, -0.2) is 21.3 Å². The molecule has 1 aromatic carbocycles. The molecule has 114 valence electrons. The molecule has 1 aromatic heterocycles. The van der Waals surface area contributed by atoms with E-state index in [4.69, 9.17) is 4.74 Å². The maximum atomic E-state index is 5.82. The Morgan fingerprint density at radius 2 is 2.14 bits per heavy atom. The first-order chi connectivity index (χ1) is 10.1. The summed E-state index contributed by atoms with van der Waals surface area (Å²) in [7, 11) is 1.94. The zero-order chi connectivity index (χ0) is 15.2. The largest absolute Gasteiger partial charge is 0.486 e. The molecule has 0 bridgehead atoms.